The molecule has 1 amide bonds. The predicted octanol–water partition coefficient (Wildman–Crippen LogP) is 1.52. The van der Waals surface area contributed by atoms with Gasteiger partial charge in [-0.05, 0) is 12.1 Å². The van der Waals surface area contributed by atoms with Crippen molar-refractivity contribution in [3.8, 4) is 11.3 Å². The van der Waals surface area contributed by atoms with Crippen LogP contribution in [0, 0.1) is 0 Å². The second-order valence-corrected chi connectivity index (χ2v) is 8.12. The second kappa shape index (κ2) is 6.52. The highest BCUT2D eigenvalue weighted by Crippen LogP contribution is 2.35. The summed E-state index contributed by atoms with van der Waals surface area (Å²) in [5.74, 6) is -0.578. The highest BCUT2D eigenvalue weighted by molar-refractivity contribution is 7.90. The average Bonchev–Trinajstić information content (AvgIpc) is 3.34. The van der Waals surface area contributed by atoms with Crippen molar-refractivity contribution in [1.82, 2.24) is 10.2 Å². The normalized spacial score (nSPS) is 16.5. The lowest BCUT2D eigenvalue weighted by Crippen LogP contribution is -2.48. The minimum absolute atomic E-state index is 0.00444. The Morgan fingerprint density at radius 1 is 1.07 bits per heavy atom. The van der Waals surface area contributed by atoms with Gasteiger partial charge in [0.1, 0.15) is 10.6 Å². The molecular weight excluding hydrogens is 408 g/mol. The topological polar surface area (TPSA) is 134 Å². The van der Waals surface area contributed by atoms with Gasteiger partial charge in [-0.1, -0.05) is 47.6 Å². The van der Waals surface area contributed by atoms with Gasteiger partial charge in [-0.3, -0.25) is 4.79 Å². The molecule has 2 aliphatic heterocycles. The van der Waals surface area contributed by atoms with Crippen molar-refractivity contribution in [1.29, 1.82) is 0 Å². The lowest BCUT2D eigenvalue weighted by atomic mass is 10.1. The van der Waals surface area contributed by atoms with Crippen LogP contribution in [0.2, 0.25) is 0 Å². The van der Waals surface area contributed by atoms with Gasteiger partial charge in [-0.15, -0.1) is 4.40 Å². The van der Waals surface area contributed by atoms with E-state index in [1.165, 1.54) is 16.1 Å². The summed E-state index contributed by atoms with van der Waals surface area (Å²) in [6.45, 7) is 0.0610. The van der Waals surface area contributed by atoms with Crippen LogP contribution in [0.1, 0.15) is 5.69 Å². The van der Waals surface area contributed by atoms with Crippen LogP contribution in [0.15, 0.2) is 79.5 Å². The minimum atomic E-state index is -3.95. The Morgan fingerprint density at radius 3 is 2.57 bits per heavy atom. The molecule has 3 heterocycles. The van der Waals surface area contributed by atoms with Crippen molar-refractivity contribution in [3.05, 3.63) is 66.4 Å². The molecule has 150 valence electrons. The fourth-order valence-corrected chi connectivity index (χ4v) is 4.41. The van der Waals surface area contributed by atoms with E-state index in [0.717, 1.165) is 5.56 Å². The number of anilines is 1. The second-order valence-electron chi connectivity index (χ2n) is 6.55. The van der Waals surface area contributed by atoms with Crippen LogP contribution in [0.3, 0.4) is 0 Å². The van der Waals surface area contributed by atoms with E-state index in [1.807, 2.05) is 30.3 Å². The highest BCUT2D eigenvalue weighted by atomic mass is 32.2. The average molecular weight is 422 g/mol. The molecule has 0 radical (unpaired) electrons. The van der Waals surface area contributed by atoms with Gasteiger partial charge in [0.05, 0.1) is 12.2 Å². The molecule has 0 spiro atoms. The molecule has 11 heteroatoms. The zero-order valence-corrected chi connectivity index (χ0v) is 16.2. The molecule has 0 saturated carbocycles. The number of amidine groups is 1. The molecule has 5 rings (SSSR count). The Labute approximate surface area is 171 Å². The first-order chi connectivity index (χ1) is 14.4. The van der Waals surface area contributed by atoms with E-state index in [4.69, 9.17) is 10.3 Å². The number of benzene rings is 2. The minimum Gasteiger partial charge on any atom is -0.363 e. The Kier molecular flexibility index (Phi) is 3.93. The molecule has 1 aromatic heterocycles. The molecule has 2 aliphatic rings. The SMILES string of the molecule is NC(=O)C1=NC2=NS(=O)(=O)c3ccccc3N2N1Cc1cc(-c2ccccc2)on1. The number of para-hydroxylation sites is 1. The van der Waals surface area contributed by atoms with Crippen molar-refractivity contribution in [3.63, 3.8) is 0 Å². The molecule has 2 N–H and O–H groups in total. The van der Waals surface area contributed by atoms with Crippen LogP contribution in [0.5, 0.6) is 0 Å². The number of rotatable bonds is 4. The van der Waals surface area contributed by atoms with E-state index >= 15 is 0 Å². The molecule has 2 aromatic carbocycles. The van der Waals surface area contributed by atoms with E-state index < -0.39 is 15.9 Å². The zero-order chi connectivity index (χ0) is 20.9. The standard InChI is InChI=1S/C19H14N6O4S/c20-17(26)18-21-19-23-30(27,28)16-9-5-4-8-14(16)25(19)24(18)11-13-10-15(29-22-13)12-6-2-1-3-7-12/h1-10H,11H2,(H2,20,26). The number of primary amides is 1. The van der Waals surface area contributed by atoms with Gasteiger partial charge in [0.25, 0.3) is 21.9 Å². The van der Waals surface area contributed by atoms with Crippen molar-refractivity contribution < 1.29 is 17.7 Å². The summed E-state index contributed by atoms with van der Waals surface area (Å²) in [4.78, 5) is 16.1. The summed E-state index contributed by atoms with van der Waals surface area (Å²) in [5.41, 5.74) is 7.15. The summed E-state index contributed by atoms with van der Waals surface area (Å²) in [6.07, 6.45) is 0. The summed E-state index contributed by atoms with van der Waals surface area (Å²) < 4.78 is 34.1. The summed E-state index contributed by atoms with van der Waals surface area (Å²) >= 11 is 0. The van der Waals surface area contributed by atoms with Crippen molar-refractivity contribution in [2.45, 2.75) is 11.4 Å². The number of sulfonamides is 1. The van der Waals surface area contributed by atoms with E-state index in [-0.39, 0.29) is 23.2 Å². The van der Waals surface area contributed by atoms with Gasteiger partial charge >= 0.3 is 0 Å². The fourth-order valence-electron chi connectivity index (χ4n) is 3.31. The lowest BCUT2D eigenvalue weighted by Gasteiger charge is -2.32. The van der Waals surface area contributed by atoms with Gasteiger partial charge < -0.3 is 10.3 Å². The van der Waals surface area contributed by atoms with Gasteiger partial charge in [0, 0.05) is 11.6 Å². The molecular formula is C19H14N6O4S. The van der Waals surface area contributed by atoms with E-state index in [0.29, 0.717) is 17.1 Å². The highest BCUT2D eigenvalue weighted by Gasteiger charge is 2.41. The summed E-state index contributed by atoms with van der Waals surface area (Å²) in [6, 6.07) is 17.5. The largest absolute Gasteiger partial charge is 0.363 e. The maximum Gasteiger partial charge on any atom is 0.287 e. The molecule has 0 aliphatic carbocycles. The Morgan fingerprint density at radius 2 is 1.80 bits per heavy atom. The number of carbonyl (C=O) groups is 1. The number of amides is 1. The van der Waals surface area contributed by atoms with Crippen LogP contribution < -0.4 is 10.7 Å². The molecule has 0 atom stereocenters. The first-order valence-electron chi connectivity index (χ1n) is 8.85. The van der Waals surface area contributed by atoms with Crippen molar-refractivity contribution in [2.75, 3.05) is 5.01 Å². The summed E-state index contributed by atoms with van der Waals surface area (Å²) in [5, 5.41) is 6.93. The fraction of sp³-hybridized carbons (Fsp3) is 0.0526. The van der Waals surface area contributed by atoms with Crippen LogP contribution in [0.4, 0.5) is 5.69 Å². The van der Waals surface area contributed by atoms with Crippen LogP contribution in [-0.2, 0) is 21.4 Å². The number of carbonyl (C=O) groups excluding carboxylic acids is 1. The molecule has 10 nitrogen and oxygen atoms in total. The maximum absolute atomic E-state index is 12.5. The van der Waals surface area contributed by atoms with Crippen LogP contribution in [0.25, 0.3) is 11.3 Å². The molecule has 0 unspecified atom stereocenters. The van der Waals surface area contributed by atoms with E-state index in [1.54, 1.807) is 24.3 Å². The van der Waals surface area contributed by atoms with Gasteiger partial charge in [-0.25, -0.2) is 10.0 Å². The zero-order valence-electron chi connectivity index (χ0n) is 15.3. The third kappa shape index (κ3) is 2.83. The molecule has 3 aromatic rings. The number of hydrogen-bond acceptors (Lipinski definition) is 8. The molecule has 0 fully saturated rings. The Bertz CT molecular complexity index is 1330. The first-order valence-corrected chi connectivity index (χ1v) is 10.3. The third-order valence-electron chi connectivity index (χ3n) is 4.60. The van der Waals surface area contributed by atoms with E-state index in [2.05, 4.69) is 14.5 Å². The number of guanidine groups is 1. The van der Waals surface area contributed by atoms with Crippen molar-refractivity contribution in [2.24, 2.45) is 15.1 Å². The first kappa shape index (κ1) is 18.1. The number of hydrogen-bond donors (Lipinski definition) is 1. The van der Waals surface area contributed by atoms with Gasteiger partial charge in [0.2, 0.25) is 5.84 Å². The van der Waals surface area contributed by atoms with E-state index in [9.17, 15) is 13.2 Å². The number of nitrogens with zero attached hydrogens (tertiary/aromatic N) is 5. The smallest absolute Gasteiger partial charge is 0.287 e. The third-order valence-corrected chi connectivity index (χ3v) is 5.91. The Balaban J connectivity index is 1.56. The summed E-state index contributed by atoms with van der Waals surface area (Å²) in [7, 11) is -3.95. The molecule has 0 bridgehead atoms. The monoisotopic (exact) mass is 422 g/mol. The number of hydrazine groups is 1. The lowest BCUT2D eigenvalue weighted by molar-refractivity contribution is -0.112. The molecule has 30 heavy (non-hydrogen) atoms. The predicted molar refractivity (Wildman–Crippen MR) is 108 cm³/mol. The molecule has 0 saturated heterocycles. The quantitative estimate of drug-likeness (QED) is 0.673. The number of aliphatic imine (C=N–C) groups is 1. The van der Waals surface area contributed by atoms with Crippen LogP contribution >= 0.6 is 0 Å². The van der Waals surface area contributed by atoms with Crippen LogP contribution in [-0.4, -0.2) is 36.3 Å². The number of fused-ring (bicyclic) bond motifs is 3. The Hall–Kier alpha value is -3.99. The maximum atomic E-state index is 12.5. The number of nitrogens with two attached hydrogens (primary N) is 1. The number of aromatic nitrogens is 1. The van der Waals surface area contributed by atoms with Gasteiger partial charge in [0.15, 0.2) is 5.76 Å². The van der Waals surface area contributed by atoms with Gasteiger partial charge in [-0.2, -0.15) is 13.4 Å². The van der Waals surface area contributed by atoms with Crippen molar-refractivity contribution >= 4 is 33.4 Å².